The van der Waals surface area contributed by atoms with Crippen molar-refractivity contribution in [3.05, 3.63) is 59.4 Å². The topological polar surface area (TPSA) is 168 Å². The molecule has 0 unspecified atom stereocenters. The van der Waals surface area contributed by atoms with Crippen LogP contribution in [0.25, 0.3) is 0 Å². The first-order valence-corrected chi connectivity index (χ1v) is 22.6. The monoisotopic (exact) mass is 838 g/mol. The number of ketones is 3. The summed E-state index contributed by atoms with van der Waals surface area (Å²) in [5.41, 5.74) is 1.56. The van der Waals surface area contributed by atoms with Crippen molar-refractivity contribution < 1.29 is 48.8 Å². The Kier molecular flexibility index (Phi) is 20.9. The number of Topliss-reactive ketones (excluding diaryl/α,β-unsaturated/α-hetero) is 2. The van der Waals surface area contributed by atoms with Gasteiger partial charge in [0.15, 0.2) is 5.78 Å². The number of fused-ring (bicyclic) bond motifs is 1. The summed E-state index contributed by atoms with van der Waals surface area (Å²) in [6, 6.07) is -1.13. The van der Waals surface area contributed by atoms with Crippen LogP contribution in [0.2, 0.25) is 0 Å². The van der Waals surface area contributed by atoms with Gasteiger partial charge in [0.05, 0.1) is 6.10 Å². The molecule has 0 aromatic carbocycles. The van der Waals surface area contributed by atoms with Crippen molar-refractivity contribution in [2.24, 2.45) is 35.5 Å². The summed E-state index contributed by atoms with van der Waals surface area (Å²) < 4.78 is 11.8. The van der Waals surface area contributed by atoms with Crippen molar-refractivity contribution in [2.75, 3.05) is 13.7 Å². The van der Waals surface area contributed by atoms with Gasteiger partial charge in [0, 0.05) is 43.9 Å². The first-order valence-electron chi connectivity index (χ1n) is 22.6. The summed E-state index contributed by atoms with van der Waals surface area (Å²) in [7, 11) is 1.71. The number of carbonyl (C=O) groups excluding carboxylic acids is 5. The van der Waals surface area contributed by atoms with Gasteiger partial charge >= 0.3 is 5.97 Å². The number of hydrogen-bond acceptors (Lipinski definition) is 10. The van der Waals surface area contributed by atoms with Gasteiger partial charge in [-0.3, -0.25) is 19.2 Å². The van der Waals surface area contributed by atoms with Crippen LogP contribution in [-0.2, 0) is 33.4 Å². The molecule has 1 aliphatic carbocycles. The summed E-state index contributed by atoms with van der Waals surface area (Å²) in [5.74, 6) is -8.57. The Morgan fingerprint density at radius 3 is 2.32 bits per heavy atom. The van der Waals surface area contributed by atoms with Crippen molar-refractivity contribution in [2.45, 2.75) is 169 Å². The molecule has 2 aliphatic heterocycles. The highest BCUT2D eigenvalue weighted by molar-refractivity contribution is 6.39. The lowest BCUT2D eigenvalue weighted by Crippen LogP contribution is -2.57. The number of methoxy groups -OCH3 is 1. The maximum atomic E-state index is 14.1. The normalized spacial score (nSPS) is 35.2. The number of ether oxygens (including phenoxy) is 2. The van der Waals surface area contributed by atoms with Crippen molar-refractivity contribution in [3.8, 4) is 0 Å². The zero-order chi connectivity index (χ0) is 44.6. The van der Waals surface area contributed by atoms with Crippen LogP contribution in [0.5, 0.6) is 0 Å². The predicted molar refractivity (Wildman–Crippen MR) is 233 cm³/mol. The molecule has 11 heteroatoms. The van der Waals surface area contributed by atoms with E-state index in [1.807, 2.05) is 58.1 Å². The Morgan fingerprint density at radius 1 is 0.883 bits per heavy atom. The lowest BCUT2D eigenvalue weighted by atomic mass is 9.79. The molecule has 60 heavy (non-hydrogen) atoms. The van der Waals surface area contributed by atoms with Crippen molar-refractivity contribution >= 4 is 29.2 Å². The lowest BCUT2D eigenvalue weighted by molar-refractivity contribution is -0.205. The van der Waals surface area contributed by atoms with E-state index in [0.717, 1.165) is 49.8 Å². The molecule has 0 aromatic rings. The van der Waals surface area contributed by atoms with Gasteiger partial charge in [-0.2, -0.15) is 0 Å². The third-order valence-electron chi connectivity index (χ3n) is 13.0. The number of nitrogens with zero attached hydrogens (tertiary/aromatic N) is 1. The Hall–Kier alpha value is -3.67. The molecule has 1 saturated heterocycles. The van der Waals surface area contributed by atoms with E-state index >= 15 is 0 Å². The van der Waals surface area contributed by atoms with Crippen molar-refractivity contribution in [1.29, 1.82) is 0 Å². The minimum atomic E-state index is -2.91. The van der Waals surface area contributed by atoms with Gasteiger partial charge < -0.3 is 29.7 Å². The standard InChI is InChI=1S/C49H75NO10/c1-32-18-11-9-13-20-33(2)26-34(3)42(51)30-43(52)35(4)27-36(5)44(53)31-45(37(6)28-39-22-17-23-40(29-39)59-8)60-48(56)41-24-15-16-25-50(41)47(55)46(54)49(57,58)38(7)21-14-10-12-19-32/h9,11,13,18,20,27,30,33-34,36-41,45,52,57-58H,10,12,14-17,19,21-26,28-29,31H2,1-8H3/b11-9+,20-13+,32-18+,35-27+,43-30-/t33-,34-,36-,37-,38-,39+,40+,41+,45+/m1/s1. The minimum absolute atomic E-state index is 0.0746. The molecule has 0 radical (unpaired) electrons. The van der Waals surface area contributed by atoms with Gasteiger partial charge in [0.25, 0.3) is 11.7 Å². The Balaban J connectivity index is 1.93. The van der Waals surface area contributed by atoms with Crippen LogP contribution in [-0.4, -0.2) is 87.1 Å². The molecule has 336 valence electrons. The molecule has 1 amide bonds. The average Bonchev–Trinajstić information content (AvgIpc) is 3.21. The minimum Gasteiger partial charge on any atom is -0.508 e. The summed E-state index contributed by atoms with van der Waals surface area (Å²) in [6.45, 7) is 12.8. The zero-order valence-electron chi connectivity index (χ0n) is 37.7. The van der Waals surface area contributed by atoms with E-state index in [0.29, 0.717) is 50.0 Å². The number of cyclic esters (lactones) is 1. The molecule has 9 atom stereocenters. The van der Waals surface area contributed by atoms with Crippen LogP contribution in [0.4, 0.5) is 0 Å². The number of allylic oxidation sites excluding steroid dienone is 9. The summed E-state index contributed by atoms with van der Waals surface area (Å²) in [4.78, 5) is 69.5. The molecule has 0 bridgehead atoms. The van der Waals surface area contributed by atoms with E-state index < -0.39 is 47.4 Å². The SMILES string of the molecule is CO[C@H]1CCC[C@@H](C[C@@H](C)[C@@H]2CC(=O)[C@H](C)/C=C(C)/C(O)=C/C(=O)[C@H](C)C[C@H](C)/C=C/C=C/C=C(\C)CCCCC[C@@H](C)C(O)(O)C(=O)C(=O)N3CCCC[C@H]3C(=O)O2)C1. The van der Waals surface area contributed by atoms with Crippen LogP contribution < -0.4 is 0 Å². The molecule has 1 saturated carbocycles. The van der Waals surface area contributed by atoms with Crippen LogP contribution in [0, 0.1) is 35.5 Å². The number of esters is 1. The van der Waals surface area contributed by atoms with Crippen molar-refractivity contribution in [3.63, 3.8) is 0 Å². The molecule has 2 fully saturated rings. The second-order valence-corrected chi connectivity index (χ2v) is 18.3. The molecule has 11 nitrogen and oxygen atoms in total. The number of carbonyl (C=O) groups is 5. The number of aliphatic hydroxyl groups is 3. The van der Waals surface area contributed by atoms with Gasteiger partial charge in [0.2, 0.25) is 5.79 Å². The van der Waals surface area contributed by atoms with E-state index in [1.54, 1.807) is 34.0 Å². The van der Waals surface area contributed by atoms with Gasteiger partial charge in [-0.05, 0) is 101 Å². The van der Waals surface area contributed by atoms with E-state index in [1.165, 1.54) is 11.6 Å². The third-order valence-corrected chi connectivity index (χ3v) is 13.0. The highest BCUT2D eigenvalue weighted by atomic mass is 16.5. The van der Waals surface area contributed by atoms with E-state index in [9.17, 15) is 39.3 Å². The third kappa shape index (κ3) is 15.7. The number of aliphatic hydroxyl groups excluding tert-OH is 1. The van der Waals surface area contributed by atoms with Gasteiger partial charge in [-0.25, -0.2) is 4.79 Å². The van der Waals surface area contributed by atoms with Crippen LogP contribution in [0.15, 0.2) is 59.4 Å². The molecular weight excluding hydrogens is 763 g/mol. The lowest BCUT2D eigenvalue weighted by Gasteiger charge is -2.37. The molecule has 3 N–H and O–H groups in total. The number of amides is 1. The van der Waals surface area contributed by atoms with Gasteiger partial charge in [-0.15, -0.1) is 0 Å². The summed E-state index contributed by atoms with van der Waals surface area (Å²) in [5, 5.41) is 33.0. The van der Waals surface area contributed by atoms with E-state index in [4.69, 9.17) is 9.47 Å². The first kappa shape index (κ1) is 50.7. The predicted octanol–water partition coefficient (Wildman–Crippen LogP) is 8.63. The quantitative estimate of drug-likeness (QED) is 0.142. The second kappa shape index (κ2) is 24.7. The number of rotatable bonds is 4. The van der Waals surface area contributed by atoms with Crippen LogP contribution in [0.3, 0.4) is 0 Å². The van der Waals surface area contributed by atoms with Gasteiger partial charge in [0.1, 0.15) is 23.7 Å². The summed E-state index contributed by atoms with van der Waals surface area (Å²) >= 11 is 0. The molecular formula is C49H75NO10. The van der Waals surface area contributed by atoms with Gasteiger partial charge in [-0.1, -0.05) is 102 Å². The largest absolute Gasteiger partial charge is 0.508 e. The second-order valence-electron chi connectivity index (χ2n) is 18.3. The van der Waals surface area contributed by atoms with Crippen LogP contribution in [0.1, 0.15) is 145 Å². The molecule has 0 spiro atoms. The molecule has 2 heterocycles. The van der Waals surface area contributed by atoms with E-state index in [2.05, 4.69) is 0 Å². The smallest absolute Gasteiger partial charge is 0.329 e. The maximum absolute atomic E-state index is 14.1. The fourth-order valence-corrected chi connectivity index (χ4v) is 8.80. The Labute approximate surface area is 359 Å². The fraction of sp³-hybridized carbons (Fsp3) is 0.694. The fourth-order valence-electron chi connectivity index (χ4n) is 8.80. The maximum Gasteiger partial charge on any atom is 0.329 e. The van der Waals surface area contributed by atoms with Crippen molar-refractivity contribution in [1.82, 2.24) is 4.90 Å². The highest BCUT2D eigenvalue weighted by Crippen LogP contribution is 2.34. The Bertz CT molecular complexity index is 1620. The highest BCUT2D eigenvalue weighted by Gasteiger charge is 2.47. The zero-order valence-corrected chi connectivity index (χ0v) is 37.7. The molecule has 0 aromatic heterocycles. The first-order chi connectivity index (χ1) is 28.3. The number of hydrogen-bond donors (Lipinski definition) is 3. The molecule has 3 rings (SSSR count). The van der Waals surface area contributed by atoms with Crippen LogP contribution >= 0.6 is 0 Å². The van der Waals surface area contributed by atoms with E-state index in [-0.39, 0.29) is 60.6 Å². The average molecular weight is 838 g/mol. The number of piperidine rings is 1. The summed E-state index contributed by atoms with van der Waals surface area (Å²) in [6.07, 6.45) is 21.9. The molecule has 3 aliphatic rings. The Morgan fingerprint density at radius 2 is 1.60 bits per heavy atom.